The summed E-state index contributed by atoms with van der Waals surface area (Å²) in [5.74, 6) is -51.6. The summed E-state index contributed by atoms with van der Waals surface area (Å²) in [7, 11) is 0. The number of esters is 2. The first-order chi connectivity index (χ1) is 14.0. The minimum atomic E-state index is -8.67. The molecule has 21 heteroatoms. The minimum Gasteiger partial charge on any atom is -0.387 e. The molecule has 1 aliphatic heterocycles. The lowest BCUT2D eigenvalue weighted by Gasteiger charge is -2.41. The highest BCUT2D eigenvalue weighted by atomic mass is 19.4. The van der Waals surface area contributed by atoms with Crippen LogP contribution in [-0.2, 0) is 14.3 Å². The van der Waals surface area contributed by atoms with E-state index in [4.69, 9.17) is 5.11 Å². The minimum absolute atomic E-state index is 0.579. The second-order valence-corrected chi connectivity index (χ2v) is 5.56. The zero-order valence-electron chi connectivity index (χ0n) is 14.3. The second-order valence-electron chi connectivity index (χ2n) is 5.56. The van der Waals surface area contributed by atoms with Gasteiger partial charge in [0.15, 0.2) is 0 Å². The van der Waals surface area contributed by atoms with Crippen LogP contribution in [0.2, 0.25) is 0 Å². The van der Waals surface area contributed by atoms with Crippen molar-refractivity contribution in [3.63, 3.8) is 0 Å². The third-order valence-corrected chi connectivity index (χ3v) is 3.26. The van der Waals surface area contributed by atoms with E-state index in [1.54, 1.807) is 0 Å². The van der Waals surface area contributed by atoms with Gasteiger partial charge >= 0.3 is 59.8 Å². The molecule has 1 rings (SSSR count). The lowest BCUT2D eigenvalue weighted by molar-refractivity contribution is -0.474. The van der Waals surface area contributed by atoms with Crippen LogP contribution in [0.4, 0.5) is 74.6 Å². The van der Waals surface area contributed by atoms with Crippen molar-refractivity contribution in [1.82, 2.24) is 0 Å². The molecule has 194 valence electrons. The Hall–Kier alpha value is -2.35. The van der Waals surface area contributed by atoms with E-state index in [2.05, 4.69) is 4.74 Å². The van der Waals surface area contributed by atoms with E-state index >= 15 is 0 Å². The Bertz CT molecular complexity index is 725. The van der Waals surface area contributed by atoms with Gasteiger partial charge in [0.05, 0.1) is 0 Å². The van der Waals surface area contributed by atoms with Crippen molar-refractivity contribution in [2.24, 2.45) is 0 Å². The predicted molar refractivity (Wildman–Crippen MR) is 63.1 cm³/mol. The number of carbonyl (C=O) groups excluding carboxylic acids is 2. The number of alkyl halides is 17. The van der Waals surface area contributed by atoms with Crippen molar-refractivity contribution in [3.8, 4) is 0 Å². The predicted octanol–water partition coefficient (Wildman–Crippen LogP) is 4.57. The molecule has 0 unspecified atom stereocenters. The molecule has 0 amide bonds. The van der Waals surface area contributed by atoms with Gasteiger partial charge in [0.2, 0.25) is 0 Å². The average Bonchev–Trinajstić information content (AvgIpc) is 2.95. The molecule has 1 heterocycles. The monoisotopic (exact) mass is 534 g/mol. The summed E-state index contributed by atoms with van der Waals surface area (Å²) in [5, 5.41) is 7.34. The van der Waals surface area contributed by atoms with Crippen molar-refractivity contribution in [2.45, 2.75) is 47.8 Å². The van der Waals surface area contributed by atoms with Crippen molar-refractivity contribution in [2.75, 3.05) is 0 Å². The van der Waals surface area contributed by atoms with E-state index in [9.17, 15) is 84.2 Å². The fraction of sp³-hybridized carbons (Fsp3) is 0.667. The lowest BCUT2D eigenvalue weighted by atomic mass is 9.91. The lowest BCUT2D eigenvalue weighted by Crippen LogP contribution is -2.74. The molecule has 0 radical (unpaired) electrons. The number of hydrogen-bond acceptors (Lipinski definition) is 4. The van der Waals surface area contributed by atoms with Gasteiger partial charge in [-0.2, -0.15) is 74.6 Å². The quantitative estimate of drug-likeness (QED) is 0.308. The third kappa shape index (κ3) is 4.67. The van der Waals surface area contributed by atoms with Gasteiger partial charge in [-0.25, -0.2) is 9.59 Å². The normalized spacial score (nSPS) is 17.0. The fourth-order valence-corrected chi connectivity index (χ4v) is 1.46. The molecule has 0 saturated heterocycles. The number of cyclic esters (lactones) is 2. The number of ether oxygens (including phenoxy) is 1. The summed E-state index contributed by atoms with van der Waals surface area (Å²) in [6.45, 7) is 0. The van der Waals surface area contributed by atoms with Crippen molar-refractivity contribution in [1.29, 1.82) is 0 Å². The highest BCUT2D eigenvalue weighted by Crippen LogP contribution is 2.63. The molecule has 0 aromatic heterocycles. The van der Waals surface area contributed by atoms with Gasteiger partial charge < -0.3 is 9.84 Å². The van der Waals surface area contributed by atoms with Crippen LogP contribution in [0, 0.1) is 0 Å². The molecule has 4 nitrogen and oxygen atoms in total. The van der Waals surface area contributed by atoms with Crippen LogP contribution in [0.3, 0.4) is 0 Å². The maximum Gasteiger partial charge on any atom is 0.460 e. The first kappa shape index (κ1) is 30.6. The molecular weight excluding hydrogens is 531 g/mol. The van der Waals surface area contributed by atoms with Crippen molar-refractivity contribution in [3.05, 3.63) is 12.2 Å². The van der Waals surface area contributed by atoms with Crippen LogP contribution in [0.15, 0.2) is 12.2 Å². The Balaban J connectivity index is 0.00000123. The van der Waals surface area contributed by atoms with E-state index in [0.29, 0.717) is 0 Å². The SMILES string of the molecule is O=C1C=CC(=O)O1.OC(F)(F)C(F)(F)C(F)(F)C(F)(F)C(F)(F)C(F)(F)C(F)(F)C(F)(F)F. The van der Waals surface area contributed by atoms with Crippen LogP contribution in [0.1, 0.15) is 0 Å². The first-order valence-corrected chi connectivity index (χ1v) is 6.91. The topological polar surface area (TPSA) is 63.6 Å². The van der Waals surface area contributed by atoms with Crippen LogP contribution >= 0.6 is 0 Å². The molecule has 0 aliphatic carbocycles. The van der Waals surface area contributed by atoms with Gasteiger partial charge in [-0.3, -0.25) is 0 Å². The molecule has 0 atom stereocenters. The average molecular weight is 534 g/mol. The van der Waals surface area contributed by atoms with Crippen LogP contribution in [0.25, 0.3) is 0 Å². The maximum absolute atomic E-state index is 12.8. The molecule has 0 aromatic carbocycles. The smallest absolute Gasteiger partial charge is 0.387 e. The summed E-state index contributed by atoms with van der Waals surface area (Å²) >= 11 is 0. The van der Waals surface area contributed by atoms with E-state index in [-0.39, 0.29) is 0 Å². The molecule has 1 N–H and O–H groups in total. The molecule has 0 fully saturated rings. The Kier molecular flexibility index (Phi) is 7.57. The molecule has 0 spiro atoms. The molecule has 0 saturated carbocycles. The van der Waals surface area contributed by atoms with Gasteiger partial charge in [-0.1, -0.05) is 0 Å². The Morgan fingerprint density at radius 2 is 0.727 bits per heavy atom. The van der Waals surface area contributed by atoms with Gasteiger partial charge in [-0.15, -0.1) is 0 Å². The van der Waals surface area contributed by atoms with Crippen LogP contribution in [0.5, 0.6) is 0 Å². The van der Waals surface area contributed by atoms with Gasteiger partial charge in [0.1, 0.15) is 0 Å². The molecule has 0 aromatic rings. The van der Waals surface area contributed by atoms with Crippen molar-refractivity contribution >= 4 is 11.9 Å². The molecule has 33 heavy (non-hydrogen) atoms. The zero-order chi connectivity index (χ0) is 27.3. The number of halogens is 17. The Morgan fingerprint density at radius 1 is 0.485 bits per heavy atom. The van der Waals surface area contributed by atoms with E-state index < -0.39 is 59.8 Å². The summed E-state index contributed by atoms with van der Waals surface area (Å²) < 4.78 is 214. The second kappa shape index (κ2) is 8.15. The van der Waals surface area contributed by atoms with Crippen molar-refractivity contribution < 1.29 is 94.1 Å². The molecular formula is C12H3F17O4. The number of carbonyl (C=O) groups is 2. The van der Waals surface area contributed by atoms with Crippen LogP contribution < -0.4 is 0 Å². The fourth-order valence-electron chi connectivity index (χ4n) is 1.46. The summed E-state index contributed by atoms with van der Waals surface area (Å²) in [6, 6.07) is 0. The Labute approximate surface area is 167 Å². The highest BCUT2D eigenvalue weighted by Gasteiger charge is 2.95. The third-order valence-electron chi connectivity index (χ3n) is 3.26. The maximum atomic E-state index is 12.8. The molecule has 1 aliphatic rings. The standard InChI is InChI=1S/C8HF17O.C4H2O3/c9-1(10,3(13,14)5(17,18)7(21,22)23)2(11,12)4(15,16)6(19,20)8(24,25)26;5-3-1-2-4(6)7-3/h26H;1-2H. The number of aliphatic hydroxyl groups is 1. The highest BCUT2D eigenvalue weighted by molar-refractivity contribution is 6.04. The number of rotatable bonds is 6. The van der Waals surface area contributed by atoms with E-state index in [1.807, 2.05) is 0 Å². The van der Waals surface area contributed by atoms with Gasteiger partial charge in [0, 0.05) is 12.2 Å². The summed E-state index contributed by atoms with van der Waals surface area (Å²) in [6.07, 6.45) is -12.9. The summed E-state index contributed by atoms with van der Waals surface area (Å²) in [5.41, 5.74) is 0. The number of hydrogen-bond donors (Lipinski definition) is 1. The largest absolute Gasteiger partial charge is 0.460 e. The zero-order valence-corrected chi connectivity index (χ0v) is 14.3. The summed E-state index contributed by atoms with van der Waals surface area (Å²) in [4.78, 5) is 19.8. The van der Waals surface area contributed by atoms with Gasteiger partial charge in [-0.05, 0) is 0 Å². The Morgan fingerprint density at radius 3 is 0.909 bits per heavy atom. The molecule has 0 bridgehead atoms. The van der Waals surface area contributed by atoms with Gasteiger partial charge in [0.25, 0.3) is 0 Å². The van der Waals surface area contributed by atoms with Crippen LogP contribution in [-0.4, -0.2) is 64.9 Å². The van der Waals surface area contributed by atoms with E-state index in [0.717, 1.165) is 12.2 Å². The van der Waals surface area contributed by atoms with E-state index in [1.165, 1.54) is 0 Å². The first-order valence-electron chi connectivity index (χ1n) is 6.91.